The van der Waals surface area contributed by atoms with Gasteiger partial charge < -0.3 is 9.73 Å². The standard InChI is InChI=1S/C15H18BrNO/c1-9-5-6-13(8-15(9)16)17-11(3)14-7-10(2)18-12(14)4/h5-8,11,17H,1-4H3. The van der Waals surface area contributed by atoms with Gasteiger partial charge >= 0.3 is 0 Å². The fraction of sp³-hybridized carbons (Fsp3) is 0.333. The maximum absolute atomic E-state index is 5.57. The third-order valence-electron chi connectivity index (χ3n) is 3.10. The van der Waals surface area contributed by atoms with Crippen LogP contribution < -0.4 is 5.32 Å². The highest BCUT2D eigenvalue weighted by molar-refractivity contribution is 9.10. The monoisotopic (exact) mass is 307 g/mol. The van der Waals surface area contributed by atoms with Crippen molar-refractivity contribution in [1.82, 2.24) is 0 Å². The molecule has 0 radical (unpaired) electrons. The van der Waals surface area contributed by atoms with Crippen molar-refractivity contribution in [1.29, 1.82) is 0 Å². The number of anilines is 1. The van der Waals surface area contributed by atoms with Crippen molar-refractivity contribution in [3.63, 3.8) is 0 Å². The van der Waals surface area contributed by atoms with E-state index in [1.54, 1.807) is 0 Å². The lowest BCUT2D eigenvalue weighted by molar-refractivity contribution is 0.500. The van der Waals surface area contributed by atoms with Crippen molar-refractivity contribution >= 4 is 21.6 Å². The van der Waals surface area contributed by atoms with Gasteiger partial charge in [0.15, 0.2) is 0 Å². The Kier molecular flexibility index (Phi) is 3.81. The van der Waals surface area contributed by atoms with Crippen LogP contribution >= 0.6 is 15.9 Å². The Morgan fingerprint density at radius 1 is 1.17 bits per heavy atom. The average Bonchev–Trinajstić information content (AvgIpc) is 2.63. The smallest absolute Gasteiger partial charge is 0.106 e. The van der Waals surface area contributed by atoms with Crippen LogP contribution in [-0.4, -0.2) is 0 Å². The Balaban J connectivity index is 2.18. The summed E-state index contributed by atoms with van der Waals surface area (Å²) in [7, 11) is 0. The maximum Gasteiger partial charge on any atom is 0.106 e. The average molecular weight is 308 g/mol. The van der Waals surface area contributed by atoms with Gasteiger partial charge in [0.1, 0.15) is 11.5 Å². The molecular weight excluding hydrogens is 290 g/mol. The quantitative estimate of drug-likeness (QED) is 0.849. The van der Waals surface area contributed by atoms with Gasteiger partial charge in [0.05, 0.1) is 6.04 Å². The lowest BCUT2D eigenvalue weighted by Gasteiger charge is -2.15. The topological polar surface area (TPSA) is 25.2 Å². The van der Waals surface area contributed by atoms with Crippen LogP contribution in [0.3, 0.4) is 0 Å². The minimum absolute atomic E-state index is 0.233. The molecule has 0 saturated heterocycles. The van der Waals surface area contributed by atoms with Crippen molar-refractivity contribution in [2.75, 3.05) is 5.32 Å². The number of halogens is 1. The van der Waals surface area contributed by atoms with Gasteiger partial charge in [-0.2, -0.15) is 0 Å². The predicted molar refractivity (Wildman–Crippen MR) is 79.1 cm³/mol. The molecule has 1 aromatic heterocycles. The molecule has 0 fully saturated rings. The fourth-order valence-corrected chi connectivity index (χ4v) is 2.47. The molecule has 0 aliphatic heterocycles. The Hall–Kier alpha value is -1.22. The minimum atomic E-state index is 0.233. The van der Waals surface area contributed by atoms with E-state index in [0.717, 1.165) is 21.7 Å². The molecule has 1 N–H and O–H groups in total. The van der Waals surface area contributed by atoms with Crippen LogP contribution in [0, 0.1) is 20.8 Å². The number of furan rings is 1. The van der Waals surface area contributed by atoms with E-state index >= 15 is 0 Å². The Morgan fingerprint density at radius 2 is 1.89 bits per heavy atom. The van der Waals surface area contributed by atoms with E-state index in [-0.39, 0.29) is 6.04 Å². The summed E-state index contributed by atoms with van der Waals surface area (Å²) >= 11 is 3.55. The summed E-state index contributed by atoms with van der Waals surface area (Å²) in [5.41, 5.74) is 3.56. The lowest BCUT2D eigenvalue weighted by atomic mass is 10.1. The van der Waals surface area contributed by atoms with E-state index < -0.39 is 0 Å². The van der Waals surface area contributed by atoms with E-state index in [0.29, 0.717) is 0 Å². The minimum Gasteiger partial charge on any atom is -0.466 e. The maximum atomic E-state index is 5.57. The Bertz CT molecular complexity index is 560. The molecule has 0 saturated carbocycles. The third-order valence-corrected chi connectivity index (χ3v) is 3.96. The second kappa shape index (κ2) is 5.19. The summed E-state index contributed by atoms with van der Waals surface area (Å²) in [6.45, 7) is 8.21. The van der Waals surface area contributed by atoms with Crippen molar-refractivity contribution in [2.45, 2.75) is 33.7 Å². The molecule has 1 aromatic carbocycles. The van der Waals surface area contributed by atoms with E-state index in [2.05, 4.69) is 59.4 Å². The van der Waals surface area contributed by atoms with E-state index in [1.807, 2.05) is 13.8 Å². The number of rotatable bonds is 3. The molecule has 2 rings (SSSR count). The van der Waals surface area contributed by atoms with Gasteiger partial charge in [-0.1, -0.05) is 22.0 Å². The van der Waals surface area contributed by atoms with Gasteiger partial charge in [-0.15, -0.1) is 0 Å². The van der Waals surface area contributed by atoms with Crippen molar-refractivity contribution in [2.24, 2.45) is 0 Å². The predicted octanol–water partition coefficient (Wildman–Crippen LogP) is 5.14. The first-order valence-electron chi connectivity index (χ1n) is 6.07. The summed E-state index contributed by atoms with van der Waals surface area (Å²) in [5.74, 6) is 1.94. The molecule has 1 atom stereocenters. The number of aryl methyl sites for hydroxylation is 3. The van der Waals surface area contributed by atoms with Crippen LogP contribution in [0.5, 0.6) is 0 Å². The van der Waals surface area contributed by atoms with Crippen LogP contribution in [-0.2, 0) is 0 Å². The molecule has 1 unspecified atom stereocenters. The van der Waals surface area contributed by atoms with Crippen LogP contribution in [0.25, 0.3) is 0 Å². The molecule has 0 aliphatic carbocycles. The Morgan fingerprint density at radius 3 is 2.44 bits per heavy atom. The molecule has 2 nitrogen and oxygen atoms in total. The molecular formula is C15H18BrNO. The molecule has 96 valence electrons. The highest BCUT2D eigenvalue weighted by atomic mass is 79.9. The van der Waals surface area contributed by atoms with Crippen LogP contribution in [0.2, 0.25) is 0 Å². The van der Waals surface area contributed by atoms with E-state index in [4.69, 9.17) is 4.42 Å². The molecule has 0 aliphatic rings. The van der Waals surface area contributed by atoms with E-state index in [1.165, 1.54) is 11.1 Å². The summed E-state index contributed by atoms with van der Waals surface area (Å²) in [4.78, 5) is 0. The van der Waals surface area contributed by atoms with Crippen LogP contribution in [0.15, 0.2) is 33.2 Å². The number of benzene rings is 1. The van der Waals surface area contributed by atoms with Gasteiger partial charge in [0.2, 0.25) is 0 Å². The lowest BCUT2D eigenvalue weighted by Crippen LogP contribution is -2.06. The molecule has 2 aromatic rings. The summed E-state index contributed by atoms with van der Waals surface area (Å²) in [6.07, 6.45) is 0. The van der Waals surface area contributed by atoms with Gasteiger partial charge in [-0.3, -0.25) is 0 Å². The normalized spacial score (nSPS) is 12.5. The van der Waals surface area contributed by atoms with Crippen molar-refractivity contribution in [3.05, 3.63) is 51.4 Å². The SMILES string of the molecule is Cc1cc(C(C)Nc2ccc(C)c(Br)c2)c(C)o1. The van der Waals surface area contributed by atoms with Gasteiger partial charge in [0, 0.05) is 15.7 Å². The Labute approximate surface area is 117 Å². The molecule has 0 spiro atoms. The number of nitrogens with one attached hydrogen (secondary N) is 1. The van der Waals surface area contributed by atoms with Gasteiger partial charge in [-0.25, -0.2) is 0 Å². The second-order valence-electron chi connectivity index (χ2n) is 4.70. The fourth-order valence-electron chi connectivity index (χ4n) is 2.09. The largest absolute Gasteiger partial charge is 0.466 e. The number of hydrogen-bond acceptors (Lipinski definition) is 2. The van der Waals surface area contributed by atoms with Gasteiger partial charge in [-0.05, 0) is 51.5 Å². The highest BCUT2D eigenvalue weighted by Gasteiger charge is 2.12. The van der Waals surface area contributed by atoms with Crippen molar-refractivity contribution in [3.8, 4) is 0 Å². The zero-order valence-corrected chi connectivity index (χ0v) is 12.8. The third kappa shape index (κ3) is 2.78. The zero-order chi connectivity index (χ0) is 13.3. The summed E-state index contributed by atoms with van der Waals surface area (Å²) < 4.78 is 6.69. The van der Waals surface area contributed by atoms with Crippen LogP contribution in [0.4, 0.5) is 5.69 Å². The van der Waals surface area contributed by atoms with Crippen molar-refractivity contribution < 1.29 is 4.42 Å². The first-order valence-corrected chi connectivity index (χ1v) is 6.86. The molecule has 0 amide bonds. The molecule has 3 heteroatoms. The summed E-state index contributed by atoms with van der Waals surface area (Å²) in [5, 5.41) is 3.49. The molecule has 0 bridgehead atoms. The zero-order valence-electron chi connectivity index (χ0n) is 11.2. The second-order valence-corrected chi connectivity index (χ2v) is 5.55. The first-order chi connectivity index (χ1) is 8.47. The first kappa shape index (κ1) is 13.2. The number of hydrogen-bond donors (Lipinski definition) is 1. The van der Waals surface area contributed by atoms with Gasteiger partial charge in [0.25, 0.3) is 0 Å². The molecule has 18 heavy (non-hydrogen) atoms. The van der Waals surface area contributed by atoms with E-state index in [9.17, 15) is 0 Å². The molecule has 1 heterocycles. The summed E-state index contributed by atoms with van der Waals surface area (Å²) in [6, 6.07) is 8.63. The highest BCUT2D eigenvalue weighted by Crippen LogP contribution is 2.27. The van der Waals surface area contributed by atoms with Crippen LogP contribution in [0.1, 0.15) is 35.6 Å².